The third-order valence-electron chi connectivity index (χ3n) is 5.06. The average Bonchev–Trinajstić information content (AvgIpc) is 3.39. The summed E-state index contributed by atoms with van der Waals surface area (Å²) in [6.45, 7) is 2.27. The maximum Gasteiger partial charge on any atom is 0.327 e. The van der Waals surface area contributed by atoms with Crippen LogP contribution in [-0.4, -0.2) is 48.7 Å². The zero-order valence-corrected chi connectivity index (χ0v) is 19.5. The van der Waals surface area contributed by atoms with Crippen LogP contribution in [0.15, 0.2) is 52.8 Å². The number of para-hydroxylation sites is 1. The molecular weight excluding hydrogens is 450 g/mol. The van der Waals surface area contributed by atoms with Gasteiger partial charge < -0.3 is 14.5 Å². The van der Waals surface area contributed by atoms with Crippen molar-refractivity contribution in [2.45, 2.75) is 13.0 Å². The van der Waals surface area contributed by atoms with Crippen molar-refractivity contribution in [1.29, 1.82) is 0 Å². The van der Waals surface area contributed by atoms with Crippen LogP contribution in [0.4, 0.5) is 0 Å². The molecule has 1 N–H and O–H groups in total. The Hall–Kier alpha value is -3.11. The Morgan fingerprint density at radius 2 is 2.03 bits per heavy atom. The zero-order chi connectivity index (χ0) is 22.9. The fourth-order valence-corrected chi connectivity index (χ4v) is 5.35. The van der Waals surface area contributed by atoms with Crippen LogP contribution < -0.4 is 15.2 Å². The number of fused-ring (bicyclic) bond motifs is 1. The Balaban J connectivity index is 1.94. The highest BCUT2D eigenvalue weighted by atomic mass is 32.2. The number of ether oxygens (including phenoxy) is 2. The van der Waals surface area contributed by atoms with E-state index in [0.717, 1.165) is 16.8 Å². The third kappa shape index (κ3) is 4.28. The molecule has 4 rings (SSSR count). The third-order valence-corrected chi connectivity index (χ3v) is 6.79. The number of rotatable bonds is 8. The van der Waals surface area contributed by atoms with E-state index < -0.39 is 21.6 Å². The number of imidazole rings is 1. The quantitative estimate of drug-likeness (QED) is 0.420. The standard InChI is InChI=1S/C22H23N3O5S2/c1-4-30-19-12-14(8-9-18(19)29-2)17(13-32(3,27)28)25-16-7-5-6-15(20(16)24-22(25)26)21-23-10-11-31-21/h5-12,17H,4,13H2,1-3H3,(H,24,26)/t17-/m1/s1. The van der Waals surface area contributed by atoms with Crippen LogP contribution in [0.2, 0.25) is 0 Å². The number of hydrogen-bond acceptors (Lipinski definition) is 7. The van der Waals surface area contributed by atoms with Gasteiger partial charge in [-0.1, -0.05) is 12.1 Å². The van der Waals surface area contributed by atoms with Crippen LogP contribution in [0.1, 0.15) is 18.5 Å². The molecule has 10 heteroatoms. The van der Waals surface area contributed by atoms with Gasteiger partial charge >= 0.3 is 5.69 Å². The smallest absolute Gasteiger partial charge is 0.327 e. The molecule has 0 saturated heterocycles. The van der Waals surface area contributed by atoms with Gasteiger partial charge in [-0.05, 0) is 36.8 Å². The number of hydrogen-bond donors (Lipinski definition) is 1. The first-order chi connectivity index (χ1) is 15.3. The molecule has 0 aliphatic rings. The molecule has 0 aliphatic heterocycles. The molecule has 1 atom stereocenters. The van der Waals surface area contributed by atoms with Crippen LogP contribution in [-0.2, 0) is 9.84 Å². The molecule has 2 heterocycles. The molecule has 4 aromatic rings. The second-order valence-electron chi connectivity index (χ2n) is 7.29. The van der Waals surface area contributed by atoms with Crippen LogP contribution in [0.5, 0.6) is 11.5 Å². The Morgan fingerprint density at radius 1 is 1.22 bits per heavy atom. The Morgan fingerprint density at radius 3 is 2.69 bits per heavy atom. The maximum atomic E-state index is 13.1. The fourth-order valence-electron chi connectivity index (χ4n) is 3.77. The highest BCUT2D eigenvalue weighted by molar-refractivity contribution is 7.90. The number of thiazole rings is 1. The van der Waals surface area contributed by atoms with E-state index in [1.165, 1.54) is 23.0 Å². The number of aromatic amines is 1. The second-order valence-corrected chi connectivity index (χ2v) is 10.4. The van der Waals surface area contributed by atoms with Crippen molar-refractivity contribution in [2.75, 3.05) is 25.7 Å². The van der Waals surface area contributed by atoms with Gasteiger partial charge in [-0.25, -0.2) is 18.2 Å². The SMILES string of the molecule is CCOc1cc([C@@H](CS(C)(=O)=O)n2c(=O)[nH]c3c(-c4nccs4)cccc32)ccc1OC. The van der Waals surface area contributed by atoms with E-state index in [-0.39, 0.29) is 5.75 Å². The number of nitrogens with one attached hydrogen (secondary N) is 1. The van der Waals surface area contributed by atoms with Gasteiger partial charge in [0.1, 0.15) is 14.8 Å². The fraction of sp³-hybridized carbons (Fsp3) is 0.273. The molecule has 168 valence electrons. The first-order valence-electron chi connectivity index (χ1n) is 9.94. The van der Waals surface area contributed by atoms with Crippen LogP contribution in [0.3, 0.4) is 0 Å². The van der Waals surface area contributed by atoms with Crippen molar-refractivity contribution >= 4 is 32.2 Å². The van der Waals surface area contributed by atoms with Crippen LogP contribution in [0, 0.1) is 0 Å². The first kappa shape index (κ1) is 22.1. The highest BCUT2D eigenvalue weighted by Gasteiger charge is 2.26. The number of methoxy groups -OCH3 is 1. The summed E-state index contributed by atoms with van der Waals surface area (Å²) in [5.41, 5.74) is 2.24. The molecule has 0 bridgehead atoms. The van der Waals surface area contributed by atoms with Gasteiger partial charge in [-0.2, -0.15) is 0 Å². The summed E-state index contributed by atoms with van der Waals surface area (Å²) >= 11 is 1.46. The van der Waals surface area contributed by atoms with E-state index in [2.05, 4.69) is 9.97 Å². The van der Waals surface area contributed by atoms with Gasteiger partial charge in [0.05, 0.1) is 36.5 Å². The molecule has 0 aliphatic carbocycles. The van der Waals surface area contributed by atoms with Crippen molar-refractivity contribution in [3.8, 4) is 22.1 Å². The lowest BCUT2D eigenvalue weighted by atomic mass is 10.1. The second kappa shape index (κ2) is 8.79. The van der Waals surface area contributed by atoms with E-state index in [4.69, 9.17) is 9.47 Å². The summed E-state index contributed by atoms with van der Waals surface area (Å²) in [7, 11) is -1.90. The number of nitrogens with zero attached hydrogens (tertiary/aromatic N) is 2. The zero-order valence-electron chi connectivity index (χ0n) is 17.9. The minimum absolute atomic E-state index is 0.251. The van der Waals surface area contributed by atoms with Crippen LogP contribution in [0.25, 0.3) is 21.6 Å². The predicted molar refractivity (Wildman–Crippen MR) is 126 cm³/mol. The highest BCUT2D eigenvalue weighted by Crippen LogP contribution is 2.34. The van der Waals surface area contributed by atoms with E-state index in [0.29, 0.717) is 34.7 Å². The summed E-state index contributed by atoms with van der Waals surface area (Å²) in [5.74, 6) is 0.771. The van der Waals surface area contributed by atoms with Gasteiger partial charge in [-0.3, -0.25) is 4.57 Å². The molecule has 32 heavy (non-hydrogen) atoms. The molecular formula is C22H23N3O5S2. The molecule has 2 aromatic carbocycles. The van der Waals surface area contributed by atoms with Crippen molar-refractivity contribution in [3.63, 3.8) is 0 Å². The number of H-pyrrole nitrogens is 1. The molecule has 2 aromatic heterocycles. The van der Waals surface area contributed by atoms with E-state index in [9.17, 15) is 13.2 Å². The summed E-state index contributed by atoms with van der Waals surface area (Å²) in [4.78, 5) is 20.4. The lowest BCUT2D eigenvalue weighted by Crippen LogP contribution is -2.28. The van der Waals surface area contributed by atoms with E-state index in [1.54, 1.807) is 30.5 Å². The molecule has 0 unspecified atom stereocenters. The minimum atomic E-state index is -3.43. The molecule has 0 amide bonds. The summed E-state index contributed by atoms with van der Waals surface area (Å²) < 4.78 is 37.2. The van der Waals surface area contributed by atoms with Gasteiger partial charge in [0.2, 0.25) is 0 Å². The largest absolute Gasteiger partial charge is 0.493 e. The van der Waals surface area contributed by atoms with Crippen molar-refractivity contribution in [3.05, 3.63) is 64.0 Å². The Labute approximate surface area is 189 Å². The van der Waals surface area contributed by atoms with Gasteiger partial charge in [0.25, 0.3) is 0 Å². The summed E-state index contributed by atoms with van der Waals surface area (Å²) in [5, 5.41) is 2.63. The minimum Gasteiger partial charge on any atom is -0.493 e. The number of benzene rings is 2. The summed E-state index contributed by atoms with van der Waals surface area (Å²) in [6.07, 6.45) is 2.86. The maximum absolute atomic E-state index is 13.1. The lowest BCUT2D eigenvalue weighted by Gasteiger charge is -2.20. The Bertz CT molecular complexity index is 1410. The molecule has 0 fully saturated rings. The monoisotopic (exact) mass is 473 g/mol. The predicted octanol–water partition coefficient (Wildman–Crippen LogP) is 3.49. The first-order valence-corrected chi connectivity index (χ1v) is 12.9. The van der Waals surface area contributed by atoms with E-state index in [1.807, 2.05) is 24.4 Å². The number of aromatic nitrogens is 3. The lowest BCUT2D eigenvalue weighted by molar-refractivity contribution is 0.310. The van der Waals surface area contributed by atoms with Gasteiger partial charge in [-0.15, -0.1) is 11.3 Å². The van der Waals surface area contributed by atoms with Crippen molar-refractivity contribution < 1.29 is 17.9 Å². The number of sulfone groups is 1. The normalized spacial score (nSPS) is 12.7. The van der Waals surface area contributed by atoms with Crippen LogP contribution >= 0.6 is 11.3 Å². The summed E-state index contributed by atoms with van der Waals surface area (Å²) in [6, 6.07) is 9.96. The van der Waals surface area contributed by atoms with Gasteiger partial charge in [0.15, 0.2) is 11.5 Å². The molecule has 0 saturated carbocycles. The molecule has 0 radical (unpaired) electrons. The Kier molecular flexibility index (Phi) is 6.07. The molecule has 0 spiro atoms. The van der Waals surface area contributed by atoms with Crippen molar-refractivity contribution in [2.24, 2.45) is 0 Å². The van der Waals surface area contributed by atoms with E-state index >= 15 is 0 Å². The molecule has 8 nitrogen and oxygen atoms in total. The van der Waals surface area contributed by atoms with Crippen molar-refractivity contribution in [1.82, 2.24) is 14.5 Å². The van der Waals surface area contributed by atoms with Gasteiger partial charge in [0, 0.05) is 23.4 Å². The topological polar surface area (TPSA) is 103 Å². The average molecular weight is 474 g/mol.